The molecule has 3 atom stereocenters. The molecule has 0 aromatic heterocycles. The summed E-state index contributed by atoms with van der Waals surface area (Å²) >= 11 is 0. The molecule has 0 N–H and O–H groups in total. The number of hydrogen-bond acceptors (Lipinski definition) is 2. The minimum absolute atomic E-state index is 0.0715. The Labute approximate surface area is 254 Å². The van der Waals surface area contributed by atoms with Gasteiger partial charge in [0.1, 0.15) is 11.5 Å². The number of aryl methyl sites for hydroxylation is 4. The molecule has 3 aliphatic carbocycles. The third kappa shape index (κ3) is 6.70. The van der Waals surface area contributed by atoms with E-state index in [0.717, 1.165) is 40.1 Å². The van der Waals surface area contributed by atoms with Gasteiger partial charge in [-0.1, -0.05) is 59.8 Å². The normalized spacial score (nSPS) is 23.3. The van der Waals surface area contributed by atoms with E-state index >= 15 is 0 Å². The van der Waals surface area contributed by atoms with Crippen molar-refractivity contribution in [2.45, 2.75) is 141 Å². The highest BCUT2D eigenvalue weighted by molar-refractivity contribution is 7.73. The summed E-state index contributed by atoms with van der Waals surface area (Å²) in [5, 5.41) is 3.12. The van der Waals surface area contributed by atoms with Gasteiger partial charge in [0.25, 0.3) is 0 Å². The van der Waals surface area contributed by atoms with Crippen molar-refractivity contribution in [3.63, 3.8) is 0 Å². The lowest BCUT2D eigenvalue weighted by atomic mass is 9.99. The predicted molar refractivity (Wildman–Crippen MR) is 182 cm³/mol. The minimum atomic E-state index is -0.484. The third-order valence-corrected chi connectivity index (χ3v) is 17.8. The van der Waals surface area contributed by atoms with Crippen LogP contribution in [0.25, 0.3) is 0 Å². The molecule has 0 heterocycles. The molecule has 41 heavy (non-hydrogen) atoms. The van der Waals surface area contributed by atoms with Gasteiger partial charge in [0.15, 0.2) is 0 Å². The fourth-order valence-corrected chi connectivity index (χ4v) is 17.5. The van der Waals surface area contributed by atoms with Gasteiger partial charge >= 0.3 is 0 Å². The maximum Gasteiger partial charge on any atom is 0.124 e. The molecule has 2 aromatic carbocycles. The largest absolute Gasteiger partial charge is 0.496 e. The fraction of sp³-hybridized carbons (Fsp3) is 0.676. The summed E-state index contributed by atoms with van der Waals surface area (Å²) in [6, 6.07) is 9.93. The molecular formula is C37H56O2P2. The maximum atomic E-state index is 5.83. The lowest BCUT2D eigenvalue weighted by Crippen LogP contribution is -2.34. The first-order chi connectivity index (χ1) is 19.8. The van der Waals surface area contributed by atoms with E-state index in [9.17, 15) is 0 Å². The van der Waals surface area contributed by atoms with Crippen LogP contribution in [0.4, 0.5) is 0 Å². The van der Waals surface area contributed by atoms with Crippen LogP contribution < -0.4 is 20.1 Å². The molecular weight excluding hydrogens is 538 g/mol. The van der Waals surface area contributed by atoms with E-state index in [4.69, 9.17) is 9.47 Å². The van der Waals surface area contributed by atoms with Gasteiger partial charge in [-0.15, -0.1) is 0 Å². The monoisotopic (exact) mass is 594 g/mol. The Kier molecular flexibility index (Phi) is 10.8. The van der Waals surface area contributed by atoms with Gasteiger partial charge in [-0.05, 0) is 160 Å². The molecule has 226 valence electrons. The Hall–Kier alpha value is -1.10. The van der Waals surface area contributed by atoms with Gasteiger partial charge in [-0.2, -0.15) is 0 Å². The Morgan fingerprint density at radius 2 is 1.00 bits per heavy atom. The van der Waals surface area contributed by atoms with Gasteiger partial charge < -0.3 is 9.47 Å². The third-order valence-electron chi connectivity index (χ3n) is 10.8. The Bertz CT molecular complexity index is 1040. The summed E-state index contributed by atoms with van der Waals surface area (Å²) in [5.41, 5.74) is 8.83. The molecule has 5 rings (SSSR count). The first-order valence-electron chi connectivity index (χ1n) is 16.7. The van der Waals surface area contributed by atoms with E-state index < -0.39 is 7.92 Å². The molecule has 3 aliphatic rings. The van der Waals surface area contributed by atoms with E-state index in [-0.39, 0.29) is 7.92 Å². The highest BCUT2D eigenvalue weighted by Gasteiger charge is 2.44. The standard InChI is InChI=1S/C37H56O2P2/c1-25-21-32(22-26(2)36(25)38-6)41(33-23-27(3)37(39-7)28(4)24-33)35-20-14-19-34(35)29(5)40(30-15-10-8-11-16-30)31-17-12-9-13-18-31/h21-24,29-31,34-35H,8-20H2,1-7H3/t29-,34+,35?/m1/s1. The van der Waals surface area contributed by atoms with Crippen molar-refractivity contribution in [2.75, 3.05) is 14.2 Å². The number of hydrogen-bond donors (Lipinski definition) is 0. The molecule has 3 fully saturated rings. The predicted octanol–water partition coefficient (Wildman–Crippen LogP) is 10.1. The average molecular weight is 595 g/mol. The summed E-state index contributed by atoms with van der Waals surface area (Å²) in [6.45, 7) is 11.7. The second kappa shape index (κ2) is 14.1. The summed E-state index contributed by atoms with van der Waals surface area (Å²) in [6.07, 6.45) is 19.2. The second-order valence-electron chi connectivity index (χ2n) is 13.5. The lowest BCUT2D eigenvalue weighted by Gasteiger charge is -2.46. The number of ether oxygens (including phenoxy) is 2. The number of rotatable bonds is 9. The van der Waals surface area contributed by atoms with Gasteiger partial charge in [0.2, 0.25) is 0 Å². The quantitative estimate of drug-likeness (QED) is 0.269. The smallest absolute Gasteiger partial charge is 0.124 e. The van der Waals surface area contributed by atoms with Crippen LogP contribution in [0.1, 0.15) is 113 Å². The zero-order chi connectivity index (χ0) is 29.1. The molecule has 0 spiro atoms. The molecule has 3 saturated carbocycles. The molecule has 2 aromatic rings. The summed E-state index contributed by atoms with van der Waals surface area (Å²) in [5.74, 6) is 2.96. The molecule has 0 bridgehead atoms. The topological polar surface area (TPSA) is 18.5 Å². The zero-order valence-electron chi connectivity index (χ0n) is 27.1. The second-order valence-corrected chi connectivity index (χ2v) is 19.1. The van der Waals surface area contributed by atoms with Crippen molar-refractivity contribution in [1.82, 2.24) is 0 Å². The number of methoxy groups -OCH3 is 2. The molecule has 4 heteroatoms. The van der Waals surface area contributed by atoms with Crippen LogP contribution >= 0.6 is 15.8 Å². The van der Waals surface area contributed by atoms with Crippen LogP contribution in [0.3, 0.4) is 0 Å². The van der Waals surface area contributed by atoms with Crippen molar-refractivity contribution in [1.29, 1.82) is 0 Å². The first-order valence-corrected chi connectivity index (χ1v) is 19.7. The molecule has 0 aliphatic heterocycles. The van der Waals surface area contributed by atoms with Crippen LogP contribution in [0.5, 0.6) is 11.5 Å². The molecule has 0 saturated heterocycles. The van der Waals surface area contributed by atoms with E-state index in [2.05, 4.69) is 58.9 Å². The highest BCUT2D eigenvalue weighted by atomic mass is 31.1. The van der Waals surface area contributed by atoms with E-state index in [1.807, 2.05) is 14.2 Å². The van der Waals surface area contributed by atoms with Crippen LogP contribution in [-0.4, -0.2) is 36.9 Å². The van der Waals surface area contributed by atoms with Crippen molar-refractivity contribution in [3.05, 3.63) is 46.5 Å². The van der Waals surface area contributed by atoms with Crippen LogP contribution in [0, 0.1) is 33.6 Å². The Balaban J connectivity index is 1.57. The van der Waals surface area contributed by atoms with E-state index in [1.165, 1.54) is 106 Å². The van der Waals surface area contributed by atoms with Crippen molar-refractivity contribution in [2.24, 2.45) is 5.92 Å². The molecule has 0 radical (unpaired) electrons. The van der Waals surface area contributed by atoms with Gasteiger partial charge in [0, 0.05) is 0 Å². The fourth-order valence-electron chi connectivity index (χ4n) is 9.10. The van der Waals surface area contributed by atoms with Crippen LogP contribution in [0.15, 0.2) is 24.3 Å². The Morgan fingerprint density at radius 3 is 1.39 bits per heavy atom. The van der Waals surface area contributed by atoms with Crippen molar-refractivity contribution < 1.29 is 9.47 Å². The average Bonchev–Trinajstić information content (AvgIpc) is 3.44. The molecule has 0 amide bonds. The lowest BCUT2D eigenvalue weighted by molar-refractivity contribution is 0.408. The summed E-state index contributed by atoms with van der Waals surface area (Å²) in [4.78, 5) is 0. The van der Waals surface area contributed by atoms with Crippen LogP contribution in [-0.2, 0) is 0 Å². The highest BCUT2D eigenvalue weighted by Crippen LogP contribution is 2.64. The van der Waals surface area contributed by atoms with E-state index in [1.54, 1.807) is 10.6 Å². The first kappa shape index (κ1) is 31.3. The van der Waals surface area contributed by atoms with Gasteiger partial charge in [-0.3, -0.25) is 0 Å². The Morgan fingerprint density at radius 1 is 0.585 bits per heavy atom. The number of benzene rings is 2. The van der Waals surface area contributed by atoms with Gasteiger partial charge in [0.05, 0.1) is 14.2 Å². The summed E-state index contributed by atoms with van der Waals surface area (Å²) < 4.78 is 11.7. The van der Waals surface area contributed by atoms with Crippen molar-refractivity contribution >= 4 is 26.5 Å². The van der Waals surface area contributed by atoms with Crippen molar-refractivity contribution in [3.8, 4) is 11.5 Å². The van der Waals surface area contributed by atoms with E-state index in [0.29, 0.717) is 0 Å². The zero-order valence-corrected chi connectivity index (χ0v) is 28.9. The van der Waals surface area contributed by atoms with Gasteiger partial charge in [-0.25, -0.2) is 0 Å². The molecule has 1 unspecified atom stereocenters. The summed E-state index contributed by atoms with van der Waals surface area (Å²) in [7, 11) is 3.23. The molecule has 2 nitrogen and oxygen atoms in total. The minimum Gasteiger partial charge on any atom is -0.496 e. The maximum absolute atomic E-state index is 5.83. The SMILES string of the molecule is COc1c(C)cc(P(c2cc(C)c(OC)c(C)c2)C2CCC[C@H]2[C@@H](C)P(C2CCCCC2)C2CCCCC2)cc1C. The van der Waals surface area contributed by atoms with Crippen LogP contribution in [0.2, 0.25) is 0 Å².